The zero-order valence-corrected chi connectivity index (χ0v) is 12.6. The van der Waals surface area contributed by atoms with Gasteiger partial charge >= 0.3 is 92.8 Å². The molecule has 0 unspecified atom stereocenters. The van der Waals surface area contributed by atoms with Crippen molar-refractivity contribution in [2.24, 2.45) is 0 Å². The van der Waals surface area contributed by atoms with Crippen LogP contribution in [0.3, 0.4) is 0 Å². The van der Waals surface area contributed by atoms with Crippen LogP contribution in [0.2, 0.25) is 0 Å². The van der Waals surface area contributed by atoms with Gasteiger partial charge in [0.15, 0.2) is 0 Å². The summed E-state index contributed by atoms with van der Waals surface area (Å²) in [6.07, 6.45) is 0. The third-order valence-electron chi connectivity index (χ3n) is 0. The van der Waals surface area contributed by atoms with Crippen LogP contribution in [0.15, 0.2) is 0 Å². The Kier molecular flexibility index (Phi) is 66.1. The SMILES string of the molecule is [Ba+2].[H-].[H-].[S]=[GaH].[SeH2]. The molecule has 4 heteroatoms. The second-order valence-corrected chi connectivity index (χ2v) is 0. The van der Waals surface area contributed by atoms with Gasteiger partial charge in [-0.05, 0) is 0 Å². The van der Waals surface area contributed by atoms with Gasteiger partial charge < -0.3 is 2.85 Å². The Morgan fingerprint density at radius 3 is 1.50 bits per heavy atom. The molecule has 0 aliphatic rings. The Morgan fingerprint density at radius 1 is 1.50 bits per heavy atom. The van der Waals surface area contributed by atoms with E-state index in [1.807, 2.05) is 0 Å². The number of rotatable bonds is 0. The van der Waals surface area contributed by atoms with Crippen molar-refractivity contribution in [1.29, 1.82) is 0 Å². The topological polar surface area (TPSA) is 0 Å². The first-order chi connectivity index (χ1) is 1.00. The van der Waals surface area contributed by atoms with Crippen LogP contribution in [0.5, 0.6) is 0 Å². The fourth-order valence-electron chi connectivity index (χ4n) is 0. The molecular formula is H5BaGaSSe. The number of hydrogen-bond donors (Lipinski definition) is 0. The first-order valence-corrected chi connectivity index (χ1v) is 4.50. The van der Waals surface area contributed by atoms with E-state index in [2.05, 4.69) is 10.1 Å². The summed E-state index contributed by atoms with van der Waals surface area (Å²) >= 11 is 0.958. The van der Waals surface area contributed by atoms with Gasteiger partial charge in [0, 0.05) is 0 Å². The van der Waals surface area contributed by atoms with E-state index in [0.29, 0.717) is 0 Å². The van der Waals surface area contributed by atoms with Crippen molar-refractivity contribution in [2.75, 3.05) is 0 Å². The first-order valence-electron chi connectivity index (χ1n) is 0.289. The molecule has 0 fully saturated rings. The van der Waals surface area contributed by atoms with E-state index >= 15 is 0 Å². The second kappa shape index (κ2) is 16.8. The summed E-state index contributed by atoms with van der Waals surface area (Å²) in [5, 5.41) is 0. The zero-order chi connectivity index (χ0) is 2.00. The maximum absolute atomic E-state index is 4.21. The molecule has 0 aromatic heterocycles. The average molecular weight is 323 g/mol. The molecule has 0 aliphatic heterocycles. The Labute approximate surface area is 93.5 Å². The fraction of sp³-hybridized carbons (Fsp3) is 0. The Hall–Kier alpha value is 2.95. The molecule has 0 atom stereocenters. The summed E-state index contributed by atoms with van der Waals surface area (Å²) in [5.41, 5.74) is 0. The summed E-state index contributed by atoms with van der Waals surface area (Å²) in [5.74, 6) is 0. The average Bonchev–Trinajstić information content (AvgIpc) is 1.00. The van der Waals surface area contributed by atoms with Crippen LogP contribution in [0, 0.1) is 0 Å². The van der Waals surface area contributed by atoms with Crippen LogP contribution in [-0.4, -0.2) is 82.8 Å². The van der Waals surface area contributed by atoms with Gasteiger partial charge in [0.1, 0.15) is 0 Å². The molecule has 0 bridgehead atoms. The van der Waals surface area contributed by atoms with Crippen molar-refractivity contribution in [2.45, 2.75) is 0 Å². The molecule has 0 saturated heterocycles. The fourth-order valence-corrected chi connectivity index (χ4v) is 0. The van der Waals surface area contributed by atoms with Gasteiger partial charge in [-0.2, -0.15) is 0 Å². The minimum atomic E-state index is 0. The van der Waals surface area contributed by atoms with E-state index in [0.717, 1.165) is 16.8 Å². The quantitative estimate of drug-likeness (QED) is 0.512. The zero-order valence-electron chi connectivity index (χ0n) is 4.32. The summed E-state index contributed by atoms with van der Waals surface area (Å²) in [6, 6.07) is 0. The first kappa shape index (κ1) is 15.8. The summed E-state index contributed by atoms with van der Waals surface area (Å²) in [6.45, 7) is 0. The molecule has 0 spiro atoms. The molecule has 0 amide bonds. The van der Waals surface area contributed by atoms with E-state index < -0.39 is 0 Å². The van der Waals surface area contributed by atoms with Crippen molar-refractivity contribution < 1.29 is 2.85 Å². The Morgan fingerprint density at radius 2 is 1.50 bits per heavy atom. The molecule has 4 heavy (non-hydrogen) atoms. The molecule has 0 aromatic carbocycles. The molecular weight excluding hydrogens is 318 g/mol. The predicted octanol–water partition coefficient (Wildman–Crippen LogP) is -1.07. The van der Waals surface area contributed by atoms with Gasteiger partial charge in [0.2, 0.25) is 0 Å². The molecule has 0 rings (SSSR count). The van der Waals surface area contributed by atoms with Gasteiger partial charge in [-0.15, -0.1) is 0 Å². The Bertz CT molecular complexity index is 13.5. The monoisotopic (exact) mass is 324 g/mol. The van der Waals surface area contributed by atoms with E-state index in [9.17, 15) is 0 Å². The van der Waals surface area contributed by atoms with Gasteiger partial charge in [0.05, 0.1) is 0 Å². The predicted molar refractivity (Wildman–Crippen MR) is 31.3 cm³/mol. The minimum absolute atomic E-state index is 0. The molecule has 22 valence electrons. The normalized spacial score (nSPS) is 0.750. The van der Waals surface area contributed by atoms with Gasteiger partial charge in [-0.25, -0.2) is 0 Å². The van der Waals surface area contributed by atoms with E-state index in [4.69, 9.17) is 0 Å². The van der Waals surface area contributed by atoms with Crippen molar-refractivity contribution in [3.8, 4) is 0 Å². The van der Waals surface area contributed by atoms with Crippen molar-refractivity contribution in [3.63, 3.8) is 0 Å². The molecule has 0 aromatic rings. The maximum atomic E-state index is 4.21. The van der Waals surface area contributed by atoms with E-state index in [-0.39, 0.29) is 68.8 Å². The standard InChI is InChI=1S/Ba.Ga.S.H2Se.3H/h;;;1H2;;;/q+2;;;;;2*-1. The summed E-state index contributed by atoms with van der Waals surface area (Å²) in [7, 11) is 4.21. The molecule has 0 radical (unpaired) electrons. The molecule has 0 heterocycles. The third-order valence-corrected chi connectivity index (χ3v) is 0. The van der Waals surface area contributed by atoms with Crippen molar-refractivity contribution >= 4 is 92.8 Å². The van der Waals surface area contributed by atoms with E-state index in [1.54, 1.807) is 0 Å². The third kappa shape index (κ3) is 8.87. The van der Waals surface area contributed by atoms with Crippen LogP contribution >= 0.6 is 10.1 Å². The molecule has 0 saturated carbocycles. The molecule has 0 N–H and O–H groups in total. The molecule has 0 nitrogen and oxygen atoms in total. The second-order valence-electron chi connectivity index (χ2n) is 0. The number of hydrogen-bond acceptors (Lipinski definition) is 1. The summed E-state index contributed by atoms with van der Waals surface area (Å²) in [4.78, 5) is 0. The molecule has 0 aliphatic carbocycles. The van der Waals surface area contributed by atoms with Gasteiger partial charge in [-0.1, -0.05) is 0 Å². The summed E-state index contributed by atoms with van der Waals surface area (Å²) < 4.78 is 0. The van der Waals surface area contributed by atoms with E-state index in [1.165, 1.54) is 0 Å². The van der Waals surface area contributed by atoms with Gasteiger partial charge in [-0.3, -0.25) is 0 Å². The van der Waals surface area contributed by atoms with Crippen LogP contribution in [0.4, 0.5) is 0 Å². The van der Waals surface area contributed by atoms with Crippen molar-refractivity contribution in [1.82, 2.24) is 0 Å². The van der Waals surface area contributed by atoms with Crippen LogP contribution in [0.1, 0.15) is 2.85 Å². The van der Waals surface area contributed by atoms with Crippen LogP contribution < -0.4 is 0 Å². The van der Waals surface area contributed by atoms with Crippen LogP contribution in [-0.2, 0) is 0 Å². The Balaban J connectivity index is -0.000000000833. The van der Waals surface area contributed by atoms with Crippen molar-refractivity contribution in [3.05, 3.63) is 0 Å². The van der Waals surface area contributed by atoms with Gasteiger partial charge in [0.25, 0.3) is 0 Å². The van der Waals surface area contributed by atoms with Crippen LogP contribution in [0.25, 0.3) is 0 Å².